The lowest BCUT2D eigenvalue weighted by atomic mass is 9.95. The third-order valence-electron chi connectivity index (χ3n) is 6.82. The van der Waals surface area contributed by atoms with Crippen LogP contribution in [0.5, 0.6) is 0 Å². The number of urea groups is 1. The van der Waals surface area contributed by atoms with Crippen molar-refractivity contribution >= 4 is 11.9 Å². The number of hydrogen-bond donors (Lipinski definition) is 1. The highest BCUT2D eigenvalue weighted by Crippen LogP contribution is 2.37. The van der Waals surface area contributed by atoms with E-state index in [0.29, 0.717) is 36.0 Å². The number of halogens is 3. The Labute approximate surface area is 186 Å². The van der Waals surface area contributed by atoms with Gasteiger partial charge < -0.3 is 15.1 Å². The summed E-state index contributed by atoms with van der Waals surface area (Å²) in [5.74, 6) is -0.163. The number of piperidine rings is 1. The van der Waals surface area contributed by atoms with Gasteiger partial charge in [-0.15, -0.1) is 0 Å². The van der Waals surface area contributed by atoms with E-state index in [0.717, 1.165) is 31.6 Å². The minimum absolute atomic E-state index is 0.163. The van der Waals surface area contributed by atoms with Crippen LogP contribution in [0.2, 0.25) is 0 Å². The van der Waals surface area contributed by atoms with Gasteiger partial charge in [0.1, 0.15) is 0 Å². The number of rotatable bonds is 5. The summed E-state index contributed by atoms with van der Waals surface area (Å²) in [6.07, 6.45) is 0.0667. The average molecular weight is 451 g/mol. The molecule has 3 amide bonds. The van der Waals surface area contributed by atoms with Gasteiger partial charge in [0.05, 0.1) is 29.4 Å². The first-order valence-corrected chi connectivity index (χ1v) is 11.1. The van der Waals surface area contributed by atoms with Crippen LogP contribution in [0.4, 0.5) is 18.0 Å². The number of carbonyl (C=O) groups is 2. The van der Waals surface area contributed by atoms with E-state index in [-0.39, 0.29) is 11.9 Å². The fourth-order valence-corrected chi connectivity index (χ4v) is 4.87. The van der Waals surface area contributed by atoms with Crippen LogP contribution < -0.4 is 5.32 Å². The summed E-state index contributed by atoms with van der Waals surface area (Å²) in [6, 6.07) is 4.06. The smallest absolute Gasteiger partial charge is 0.333 e. The number of hydrogen-bond acceptors (Lipinski definition) is 3. The zero-order chi connectivity index (χ0) is 23.0. The van der Waals surface area contributed by atoms with Crippen LogP contribution >= 0.6 is 0 Å². The zero-order valence-electron chi connectivity index (χ0n) is 18.4. The van der Waals surface area contributed by atoms with Gasteiger partial charge in [0.25, 0.3) is 5.91 Å². The Kier molecular flexibility index (Phi) is 6.20. The predicted octanol–water partition coefficient (Wildman–Crippen LogP) is 3.76. The van der Waals surface area contributed by atoms with Crippen LogP contribution in [-0.2, 0) is 11.0 Å². The number of alkyl halides is 3. The molecule has 2 atom stereocenters. The molecule has 4 rings (SSSR count). The minimum atomic E-state index is -4.44. The molecule has 9 heteroatoms. The molecule has 3 heterocycles. The Hall–Kier alpha value is -2.55. The maximum absolute atomic E-state index is 13.2. The Morgan fingerprint density at radius 3 is 2.47 bits per heavy atom. The van der Waals surface area contributed by atoms with Gasteiger partial charge in [-0.25, -0.2) is 4.79 Å². The average Bonchev–Trinajstić information content (AvgIpc) is 3.08. The number of carbonyl (C=O) groups excluding carboxylic acids is 2. The van der Waals surface area contributed by atoms with Crippen LogP contribution in [0.15, 0.2) is 35.5 Å². The lowest BCUT2D eigenvalue weighted by Crippen LogP contribution is -2.45. The minimum Gasteiger partial charge on any atom is -0.333 e. The van der Waals surface area contributed by atoms with Crippen LogP contribution in [0.25, 0.3) is 0 Å². The summed E-state index contributed by atoms with van der Waals surface area (Å²) >= 11 is 0. The van der Waals surface area contributed by atoms with Gasteiger partial charge in [0.15, 0.2) is 0 Å². The zero-order valence-corrected chi connectivity index (χ0v) is 18.4. The fraction of sp³-hybridized carbons (Fsp3) is 0.565. The first kappa shape index (κ1) is 22.6. The maximum Gasteiger partial charge on any atom is 0.416 e. The molecule has 1 fully saturated rings. The van der Waals surface area contributed by atoms with Gasteiger partial charge in [-0.1, -0.05) is 18.6 Å². The van der Waals surface area contributed by atoms with E-state index in [2.05, 4.69) is 17.1 Å². The van der Waals surface area contributed by atoms with Crippen LogP contribution in [-0.4, -0.2) is 65.9 Å². The number of amides is 3. The summed E-state index contributed by atoms with van der Waals surface area (Å²) in [7, 11) is 1.61. The van der Waals surface area contributed by atoms with E-state index in [4.69, 9.17) is 0 Å². The standard InChI is InChI=1S/C23H29F3N4O2/c1-15-6-3-4-11-29(15)12-5-13-30-14-18-19(21(30)31)20(27-22(32)28(18)2)16-7-9-17(10-8-16)23(24,25)26/h7-10,15,20H,3-6,11-14H2,1-2H3,(H,27,32). The molecule has 6 nitrogen and oxygen atoms in total. The molecule has 1 aromatic carbocycles. The second kappa shape index (κ2) is 8.77. The Bertz CT molecular complexity index is 913. The summed E-state index contributed by atoms with van der Waals surface area (Å²) in [6.45, 7) is 5.16. The molecular formula is C23H29F3N4O2. The van der Waals surface area contributed by atoms with Crippen molar-refractivity contribution in [2.24, 2.45) is 0 Å². The highest BCUT2D eigenvalue weighted by Gasteiger charge is 2.43. The Balaban J connectivity index is 1.48. The van der Waals surface area contributed by atoms with E-state index >= 15 is 0 Å². The lowest BCUT2D eigenvalue weighted by molar-refractivity contribution is -0.137. The van der Waals surface area contributed by atoms with Gasteiger partial charge in [0.2, 0.25) is 0 Å². The first-order chi connectivity index (χ1) is 15.2. The molecule has 2 unspecified atom stereocenters. The Morgan fingerprint density at radius 1 is 1.09 bits per heavy atom. The molecule has 0 saturated carbocycles. The third-order valence-corrected chi connectivity index (χ3v) is 6.82. The summed E-state index contributed by atoms with van der Waals surface area (Å²) < 4.78 is 38.8. The second-order valence-electron chi connectivity index (χ2n) is 8.88. The number of nitrogens with one attached hydrogen (secondary N) is 1. The molecule has 1 N–H and O–H groups in total. The third kappa shape index (κ3) is 4.35. The molecule has 0 aliphatic carbocycles. The molecule has 174 valence electrons. The van der Waals surface area contributed by atoms with Crippen molar-refractivity contribution in [2.45, 2.75) is 50.9 Å². The lowest BCUT2D eigenvalue weighted by Gasteiger charge is -2.33. The topological polar surface area (TPSA) is 55.9 Å². The van der Waals surface area contributed by atoms with Crippen molar-refractivity contribution in [3.63, 3.8) is 0 Å². The van der Waals surface area contributed by atoms with Crippen molar-refractivity contribution in [1.82, 2.24) is 20.0 Å². The van der Waals surface area contributed by atoms with Crippen molar-refractivity contribution in [3.05, 3.63) is 46.7 Å². The van der Waals surface area contributed by atoms with E-state index in [1.807, 2.05) is 0 Å². The maximum atomic E-state index is 13.2. The number of likely N-dealkylation sites (tertiary alicyclic amines) is 1. The van der Waals surface area contributed by atoms with E-state index in [1.54, 1.807) is 11.9 Å². The van der Waals surface area contributed by atoms with E-state index in [1.165, 1.54) is 36.3 Å². The Morgan fingerprint density at radius 2 is 1.81 bits per heavy atom. The van der Waals surface area contributed by atoms with Crippen LogP contribution in [0, 0.1) is 0 Å². The van der Waals surface area contributed by atoms with Gasteiger partial charge in [-0.2, -0.15) is 13.2 Å². The first-order valence-electron chi connectivity index (χ1n) is 11.1. The molecule has 0 bridgehead atoms. The van der Waals surface area contributed by atoms with Crippen LogP contribution in [0.3, 0.4) is 0 Å². The predicted molar refractivity (Wildman–Crippen MR) is 114 cm³/mol. The van der Waals surface area contributed by atoms with E-state index < -0.39 is 17.8 Å². The summed E-state index contributed by atoms with van der Waals surface area (Å²) in [5.41, 5.74) is 0.763. The number of nitrogens with zero attached hydrogens (tertiary/aromatic N) is 3. The quantitative estimate of drug-likeness (QED) is 0.743. The van der Waals surface area contributed by atoms with Crippen molar-refractivity contribution in [3.8, 4) is 0 Å². The highest BCUT2D eigenvalue weighted by molar-refractivity contribution is 6.01. The van der Waals surface area contributed by atoms with E-state index in [9.17, 15) is 22.8 Å². The molecule has 3 aliphatic heterocycles. The normalized spacial score (nSPS) is 24.8. The SMILES string of the molecule is CC1CCCCN1CCCN1CC2=C(C1=O)C(c1ccc(C(F)(F)F)cc1)NC(=O)N2C. The molecule has 0 aromatic heterocycles. The second-order valence-corrected chi connectivity index (χ2v) is 8.88. The van der Waals surface area contributed by atoms with Crippen LogP contribution in [0.1, 0.15) is 49.8 Å². The van der Waals surface area contributed by atoms with Gasteiger partial charge in [-0.05, 0) is 50.4 Å². The van der Waals surface area contributed by atoms with Crippen molar-refractivity contribution in [1.29, 1.82) is 0 Å². The van der Waals surface area contributed by atoms with Crippen molar-refractivity contribution in [2.75, 3.05) is 33.2 Å². The monoisotopic (exact) mass is 450 g/mol. The van der Waals surface area contributed by atoms with Gasteiger partial charge in [0, 0.05) is 26.2 Å². The number of benzene rings is 1. The molecular weight excluding hydrogens is 421 g/mol. The van der Waals surface area contributed by atoms with Gasteiger partial charge in [-0.3, -0.25) is 9.69 Å². The fourth-order valence-electron chi connectivity index (χ4n) is 4.87. The number of likely N-dealkylation sites (N-methyl/N-ethyl adjacent to an activating group) is 1. The van der Waals surface area contributed by atoms with Gasteiger partial charge >= 0.3 is 12.2 Å². The molecule has 1 aromatic rings. The summed E-state index contributed by atoms with van der Waals surface area (Å²) in [5, 5.41) is 2.77. The molecule has 3 aliphatic rings. The molecule has 32 heavy (non-hydrogen) atoms. The highest BCUT2D eigenvalue weighted by atomic mass is 19.4. The largest absolute Gasteiger partial charge is 0.416 e. The summed E-state index contributed by atoms with van der Waals surface area (Å²) in [4.78, 5) is 31.4. The van der Waals surface area contributed by atoms with Crippen molar-refractivity contribution < 1.29 is 22.8 Å². The molecule has 1 saturated heterocycles. The molecule has 0 spiro atoms. The molecule has 0 radical (unpaired) electrons.